The predicted molar refractivity (Wildman–Crippen MR) is 134 cm³/mol. The molecule has 9 heteroatoms. The van der Waals surface area contributed by atoms with Crippen LogP contribution in [-0.2, 0) is 4.79 Å². The number of rotatable bonds is 10. The predicted octanol–water partition coefficient (Wildman–Crippen LogP) is 5.87. The van der Waals surface area contributed by atoms with Gasteiger partial charge >= 0.3 is 5.97 Å². The number of carboxylic acids is 1. The van der Waals surface area contributed by atoms with E-state index < -0.39 is 29.2 Å². The first-order valence-corrected chi connectivity index (χ1v) is 12.3. The monoisotopic (exact) mass is 516 g/mol. The van der Waals surface area contributed by atoms with Crippen LogP contribution in [-0.4, -0.2) is 54.3 Å². The standard InChI is InChI=1S/C28H31F3N2O4/c1-18-17-32-25-4-3-21(36-2)16-23(25)26(18)24(31)5-6-28(27(34)35)7-9-33(10-8-28)11-12-37-22-14-19(29)13-20(30)15-22/h3-4,13-17,24H,5-12H2,1-2H3,(H,34,35)/t24-/m0/s1. The van der Waals surface area contributed by atoms with E-state index in [1.54, 1.807) is 38.4 Å². The number of halogens is 3. The van der Waals surface area contributed by atoms with Gasteiger partial charge in [0.25, 0.3) is 0 Å². The lowest BCUT2D eigenvalue weighted by Crippen LogP contribution is -2.45. The van der Waals surface area contributed by atoms with Gasteiger partial charge in [-0.05, 0) is 75.0 Å². The van der Waals surface area contributed by atoms with Crippen LogP contribution >= 0.6 is 0 Å². The van der Waals surface area contributed by atoms with Crippen LogP contribution in [0.3, 0.4) is 0 Å². The number of pyridine rings is 1. The normalized spacial score (nSPS) is 16.5. The molecule has 6 nitrogen and oxygen atoms in total. The second kappa shape index (κ2) is 11.4. The number of piperidine rings is 1. The van der Waals surface area contributed by atoms with E-state index in [1.807, 2.05) is 0 Å². The lowest BCUT2D eigenvalue weighted by Gasteiger charge is -2.39. The number of likely N-dealkylation sites (tertiary alicyclic amines) is 1. The van der Waals surface area contributed by atoms with Crippen LogP contribution in [0.25, 0.3) is 10.9 Å². The third-order valence-corrected chi connectivity index (χ3v) is 7.28. The molecule has 4 rings (SSSR count). The number of aromatic nitrogens is 1. The zero-order valence-corrected chi connectivity index (χ0v) is 21.0. The van der Waals surface area contributed by atoms with E-state index in [-0.39, 0.29) is 25.2 Å². The SMILES string of the molecule is COc1ccc2ncc(C)c([C@@H](F)CCC3(C(=O)O)CCN(CCOc4cc(F)cc(F)c4)CC3)c2c1. The summed E-state index contributed by atoms with van der Waals surface area (Å²) >= 11 is 0. The molecule has 0 aliphatic carbocycles. The molecule has 0 spiro atoms. The van der Waals surface area contributed by atoms with Crippen molar-refractivity contribution in [1.82, 2.24) is 9.88 Å². The molecule has 0 radical (unpaired) electrons. The molecule has 1 N–H and O–H groups in total. The Morgan fingerprint density at radius 3 is 2.49 bits per heavy atom. The molecule has 2 aromatic carbocycles. The minimum Gasteiger partial charge on any atom is -0.497 e. The highest BCUT2D eigenvalue weighted by Crippen LogP contribution is 2.41. The van der Waals surface area contributed by atoms with Crippen LogP contribution in [0.4, 0.5) is 13.2 Å². The highest BCUT2D eigenvalue weighted by atomic mass is 19.1. The van der Waals surface area contributed by atoms with Crippen LogP contribution in [0, 0.1) is 24.0 Å². The molecule has 1 saturated heterocycles. The molecule has 1 fully saturated rings. The van der Waals surface area contributed by atoms with E-state index in [0.717, 1.165) is 18.2 Å². The van der Waals surface area contributed by atoms with Gasteiger partial charge in [0.05, 0.1) is 18.0 Å². The van der Waals surface area contributed by atoms with Gasteiger partial charge < -0.3 is 14.6 Å². The fraction of sp³-hybridized carbons (Fsp3) is 0.429. The van der Waals surface area contributed by atoms with Gasteiger partial charge in [-0.3, -0.25) is 14.7 Å². The minimum absolute atomic E-state index is 0.0811. The van der Waals surface area contributed by atoms with Crippen molar-refractivity contribution >= 4 is 16.9 Å². The topological polar surface area (TPSA) is 71.9 Å². The summed E-state index contributed by atoms with van der Waals surface area (Å²) in [4.78, 5) is 18.7. The molecule has 1 aliphatic rings. The summed E-state index contributed by atoms with van der Waals surface area (Å²) in [7, 11) is 1.55. The quantitative estimate of drug-likeness (QED) is 0.364. The highest BCUT2D eigenvalue weighted by molar-refractivity contribution is 5.85. The molecule has 198 valence electrons. The first kappa shape index (κ1) is 26.7. The third kappa shape index (κ3) is 6.15. The summed E-state index contributed by atoms with van der Waals surface area (Å²) in [5, 5.41) is 10.7. The van der Waals surface area contributed by atoms with E-state index in [2.05, 4.69) is 9.88 Å². The average Bonchev–Trinajstić information content (AvgIpc) is 2.87. The number of ether oxygens (including phenoxy) is 2. The lowest BCUT2D eigenvalue weighted by molar-refractivity contribution is -0.153. The summed E-state index contributed by atoms with van der Waals surface area (Å²) < 4.78 is 53.1. The Morgan fingerprint density at radius 2 is 1.84 bits per heavy atom. The molecule has 3 aromatic rings. The molecule has 0 saturated carbocycles. The van der Waals surface area contributed by atoms with Crippen molar-refractivity contribution in [2.75, 3.05) is 33.4 Å². The third-order valence-electron chi connectivity index (χ3n) is 7.28. The smallest absolute Gasteiger partial charge is 0.309 e. The number of fused-ring (bicyclic) bond motifs is 1. The summed E-state index contributed by atoms with van der Waals surface area (Å²) in [6.07, 6.45) is 1.36. The van der Waals surface area contributed by atoms with Crippen LogP contribution in [0.1, 0.15) is 43.0 Å². The molecule has 0 bridgehead atoms. The van der Waals surface area contributed by atoms with Crippen LogP contribution < -0.4 is 9.47 Å². The molecule has 0 amide bonds. The second-order valence-electron chi connectivity index (χ2n) is 9.62. The molecule has 37 heavy (non-hydrogen) atoms. The van der Waals surface area contributed by atoms with E-state index in [0.29, 0.717) is 60.3 Å². The van der Waals surface area contributed by atoms with Gasteiger partial charge in [0.15, 0.2) is 0 Å². The number of hydrogen-bond donors (Lipinski definition) is 1. The number of hydrogen-bond acceptors (Lipinski definition) is 5. The van der Waals surface area contributed by atoms with Crippen molar-refractivity contribution in [2.24, 2.45) is 5.41 Å². The van der Waals surface area contributed by atoms with Crippen LogP contribution in [0.15, 0.2) is 42.6 Å². The number of aliphatic carboxylic acids is 1. The molecular weight excluding hydrogens is 485 g/mol. The largest absolute Gasteiger partial charge is 0.497 e. The van der Waals surface area contributed by atoms with Gasteiger partial charge in [-0.2, -0.15) is 0 Å². The molecule has 2 heterocycles. The maximum absolute atomic E-state index is 15.7. The van der Waals surface area contributed by atoms with E-state index in [1.165, 1.54) is 0 Å². The van der Waals surface area contributed by atoms with Crippen molar-refractivity contribution in [3.8, 4) is 11.5 Å². The summed E-state index contributed by atoms with van der Waals surface area (Å²) in [5.41, 5.74) is 0.883. The molecule has 1 atom stereocenters. The second-order valence-corrected chi connectivity index (χ2v) is 9.62. The van der Waals surface area contributed by atoms with Gasteiger partial charge in [-0.25, -0.2) is 13.2 Å². The van der Waals surface area contributed by atoms with Crippen molar-refractivity contribution in [3.05, 3.63) is 65.4 Å². The summed E-state index contributed by atoms with van der Waals surface area (Å²) in [6.45, 7) is 3.54. The Balaban J connectivity index is 1.37. The number of nitrogens with zero attached hydrogens (tertiary/aromatic N) is 2. The van der Waals surface area contributed by atoms with E-state index >= 15 is 4.39 Å². The van der Waals surface area contributed by atoms with Gasteiger partial charge in [-0.15, -0.1) is 0 Å². The Kier molecular flexibility index (Phi) is 8.22. The lowest BCUT2D eigenvalue weighted by atomic mass is 9.74. The van der Waals surface area contributed by atoms with Crippen molar-refractivity contribution < 1.29 is 32.5 Å². The summed E-state index contributed by atoms with van der Waals surface area (Å²) in [6, 6.07) is 8.34. The van der Waals surface area contributed by atoms with Gasteiger partial charge in [0.2, 0.25) is 0 Å². The fourth-order valence-corrected chi connectivity index (χ4v) is 5.06. The number of methoxy groups -OCH3 is 1. The Morgan fingerprint density at radius 1 is 1.14 bits per heavy atom. The first-order valence-electron chi connectivity index (χ1n) is 12.3. The average molecular weight is 517 g/mol. The number of carbonyl (C=O) groups is 1. The molecular formula is C28H31F3N2O4. The Hall–Kier alpha value is -3.33. The van der Waals surface area contributed by atoms with E-state index in [9.17, 15) is 18.7 Å². The number of carboxylic acid groups (broad SMARTS) is 1. The number of benzene rings is 2. The highest BCUT2D eigenvalue weighted by Gasteiger charge is 2.41. The fourth-order valence-electron chi connectivity index (χ4n) is 5.06. The molecule has 1 aromatic heterocycles. The number of aryl methyl sites for hydroxylation is 1. The van der Waals surface area contributed by atoms with Crippen LogP contribution in [0.5, 0.6) is 11.5 Å². The van der Waals surface area contributed by atoms with E-state index in [4.69, 9.17) is 9.47 Å². The zero-order valence-electron chi connectivity index (χ0n) is 21.0. The van der Waals surface area contributed by atoms with Gasteiger partial charge in [0.1, 0.15) is 35.9 Å². The minimum atomic E-state index is -1.34. The van der Waals surface area contributed by atoms with Crippen molar-refractivity contribution in [3.63, 3.8) is 0 Å². The van der Waals surface area contributed by atoms with Gasteiger partial charge in [0, 0.05) is 36.3 Å². The maximum atomic E-state index is 15.7. The van der Waals surface area contributed by atoms with Crippen LogP contribution in [0.2, 0.25) is 0 Å². The first-order chi connectivity index (χ1) is 17.7. The zero-order chi connectivity index (χ0) is 26.6. The Bertz CT molecular complexity index is 1240. The molecule has 0 unspecified atom stereocenters. The summed E-state index contributed by atoms with van der Waals surface area (Å²) in [5.74, 6) is -1.61. The van der Waals surface area contributed by atoms with Crippen molar-refractivity contribution in [2.45, 2.75) is 38.8 Å². The molecule has 1 aliphatic heterocycles. The maximum Gasteiger partial charge on any atom is 0.309 e. The van der Waals surface area contributed by atoms with Gasteiger partial charge in [-0.1, -0.05) is 0 Å². The Labute approximate surface area is 214 Å². The number of alkyl halides is 1. The van der Waals surface area contributed by atoms with Crippen molar-refractivity contribution in [1.29, 1.82) is 0 Å².